The van der Waals surface area contributed by atoms with Crippen LogP contribution in [0.2, 0.25) is 0 Å². The highest BCUT2D eigenvalue weighted by Gasteiger charge is 2.25. The van der Waals surface area contributed by atoms with Gasteiger partial charge < -0.3 is 0 Å². The van der Waals surface area contributed by atoms with Crippen LogP contribution in [0.5, 0.6) is 0 Å². The Morgan fingerprint density at radius 1 is 1.26 bits per heavy atom. The lowest BCUT2D eigenvalue weighted by molar-refractivity contribution is -0.113. The summed E-state index contributed by atoms with van der Waals surface area (Å²) in [5.74, 6) is 0.161. The first kappa shape index (κ1) is 16.1. The molecule has 106 valence electrons. The van der Waals surface area contributed by atoms with Crippen LogP contribution in [0.15, 0.2) is 29.2 Å². The number of hydrogen-bond donors (Lipinski definition) is 1. The number of sulfonamides is 1. The Labute approximate surface area is 119 Å². The van der Waals surface area contributed by atoms with Crippen LogP contribution in [0, 0.1) is 12.8 Å². The lowest BCUT2D eigenvalue weighted by Crippen LogP contribution is -2.39. The Hall–Kier alpha value is -0.910. The van der Waals surface area contributed by atoms with E-state index in [1.165, 1.54) is 12.1 Å². The second-order valence-corrected chi connectivity index (χ2v) is 7.01. The lowest BCUT2D eigenvalue weighted by Gasteiger charge is -2.16. The second-order valence-electron chi connectivity index (χ2n) is 4.92. The van der Waals surface area contributed by atoms with E-state index in [1.54, 1.807) is 12.1 Å². The first-order chi connectivity index (χ1) is 8.72. The summed E-state index contributed by atoms with van der Waals surface area (Å²) < 4.78 is 26.6. The van der Waals surface area contributed by atoms with E-state index in [0.717, 1.165) is 5.56 Å². The summed E-state index contributed by atoms with van der Waals surface area (Å²) in [5.41, 5.74) is 0.964. The molecular formula is C13H18ClNO3S. The van der Waals surface area contributed by atoms with Crippen molar-refractivity contribution in [3.8, 4) is 0 Å². The number of rotatable bonds is 6. The maximum atomic E-state index is 12.1. The van der Waals surface area contributed by atoms with Gasteiger partial charge in [0, 0.05) is 0 Å². The average Bonchev–Trinajstić information content (AvgIpc) is 2.27. The summed E-state index contributed by atoms with van der Waals surface area (Å²) in [4.78, 5) is 11.4. The quantitative estimate of drug-likeness (QED) is 0.821. The average molecular weight is 304 g/mol. The molecule has 0 bridgehead atoms. The van der Waals surface area contributed by atoms with Gasteiger partial charge in [-0.3, -0.25) is 4.79 Å². The predicted octanol–water partition coefficient (Wildman–Crippen LogP) is 2.45. The number of carbonyl (C=O) groups is 1. The van der Waals surface area contributed by atoms with Gasteiger partial charge in [-0.1, -0.05) is 31.5 Å². The lowest BCUT2D eigenvalue weighted by atomic mass is 10.1. The number of carbonyl (C=O) groups excluding carboxylic acids is 1. The first-order valence-electron chi connectivity index (χ1n) is 6.00. The van der Waals surface area contributed by atoms with E-state index in [0.29, 0.717) is 6.42 Å². The zero-order valence-corrected chi connectivity index (χ0v) is 12.8. The van der Waals surface area contributed by atoms with Gasteiger partial charge in [-0.05, 0) is 43.0 Å². The number of hydrogen-bond acceptors (Lipinski definition) is 3. The molecule has 1 aromatic rings. The van der Waals surface area contributed by atoms with Gasteiger partial charge in [0.25, 0.3) is 0 Å². The number of aryl methyl sites for hydroxylation is 1. The minimum atomic E-state index is -3.72. The monoisotopic (exact) mass is 303 g/mol. The van der Waals surface area contributed by atoms with Crippen molar-refractivity contribution >= 4 is 26.9 Å². The standard InChI is InChI=1S/C13H18ClNO3S/c1-9(2)8-12(13(14)16)15-19(17,18)11-6-4-10(3)5-7-11/h4-7,9,12,15H,8H2,1-3H3. The molecule has 0 saturated heterocycles. The van der Waals surface area contributed by atoms with Crippen molar-refractivity contribution in [3.63, 3.8) is 0 Å². The van der Waals surface area contributed by atoms with Crippen molar-refractivity contribution in [3.05, 3.63) is 29.8 Å². The number of benzene rings is 1. The third kappa shape index (κ3) is 4.93. The minimum Gasteiger partial charge on any atom is -0.279 e. The molecule has 1 atom stereocenters. The van der Waals surface area contributed by atoms with Crippen LogP contribution >= 0.6 is 11.6 Å². The van der Waals surface area contributed by atoms with Gasteiger partial charge in [-0.2, -0.15) is 4.72 Å². The SMILES string of the molecule is Cc1ccc(S(=O)(=O)NC(CC(C)C)C(=O)Cl)cc1. The molecule has 0 radical (unpaired) electrons. The van der Waals surface area contributed by atoms with Crippen LogP contribution in [0.1, 0.15) is 25.8 Å². The van der Waals surface area contributed by atoms with Gasteiger partial charge >= 0.3 is 0 Å². The fourth-order valence-electron chi connectivity index (χ4n) is 1.63. The van der Waals surface area contributed by atoms with Gasteiger partial charge in [0.05, 0.1) is 10.9 Å². The highest BCUT2D eigenvalue weighted by molar-refractivity contribution is 7.89. The van der Waals surface area contributed by atoms with Crippen molar-refractivity contribution < 1.29 is 13.2 Å². The maximum Gasteiger partial charge on any atom is 0.241 e. The van der Waals surface area contributed by atoms with E-state index in [4.69, 9.17) is 11.6 Å². The van der Waals surface area contributed by atoms with Gasteiger partial charge in [-0.15, -0.1) is 0 Å². The van der Waals surface area contributed by atoms with E-state index in [2.05, 4.69) is 4.72 Å². The molecule has 0 fully saturated rings. The van der Waals surface area contributed by atoms with Crippen LogP contribution in [-0.4, -0.2) is 19.7 Å². The van der Waals surface area contributed by atoms with Crippen molar-refractivity contribution in [2.75, 3.05) is 0 Å². The Morgan fingerprint density at radius 3 is 2.21 bits per heavy atom. The highest BCUT2D eigenvalue weighted by atomic mass is 35.5. The third-order valence-corrected chi connectivity index (χ3v) is 4.36. The summed E-state index contributed by atoms with van der Waals surface area (Å²) >= 11 is 5.44. The zero-order valence-electron chi connectivity index (χ0n) is 11.2. The summed E-state index contributed by atoms with van der Waals surface area (Å²) in [5, 5.41) is -0.690. The van der Waals surface area contributed by atoms with Crippen LogP contribution in [0.25, 0.3) is 0 Å². The van der Waals surface area contributed by atoms with E-state index >= 15 is 0 Å². The first-order valence-corrected chi connectivity index (χ1v) is 7.87. The molecule has 0 aromatic heterocycles. The topological polar surface area (TPSA) is 63.2 Å². The summed E-state index contributed by atoms with van der Waals surface area (Å²) in [6.45, 7) is 5.66. The van der Waals surface area contributed by atoms with E-state index in [-0.39, 0.29) is 10.8 Å². The molecule has 0 spiro atoms. The van der Waals surface area contributed by atoms with E-state index < -0.39 is 21.3 Å². The van der Waals surface area contributed by atoms with E-state index in [1.807, 2.05) is 20.8 Å². The predicted molar refractivity (Wildman–Crippen MR) is 75.6 cm³/mol. The Morgan fingerprint density at radius 2 is 1.79 bits per heavy atom. The van der Waals surface area contributed by atoms with E-state index in [9.17, 15) is 13.2 Å². The fraction of sp³-hybridized carbons (Fsp3) is 0.462. The second kappa shape index (κ2) is 6.50. The molecule has 0 heterocycles. The zero-order chi connectivity index (χ0) is 14.6. The maximum absolute atomic E-state index is 12.1. The molecule has 0 aliphatic heterocycles. The number of nitrogens with one attached hydrogen (secondary N) is 1. The van der Waals surface area contributed by atoms with Gasteiger partial charge in [-0.25, -0.2) is 8.42 Å². The normalized spacial score (nSPS) is 13.5. The molecule has 1 aromatic carbocycles. The molecule has 0 saturated carbocycles. The molecule has 1 N–H and O–H groups in total. The van der Waals surface area contributed by atoms with Gasteiger partial charge in [0.15, 0.2) is 0 Å². The van der Waals surface area contributed by atoms with Crippen LogP contribution in [-0.2, 0) is 14.8 Å². The van der Waals surface area contributed by atoms with Crippen molar-refractivity contribution in [1.82, 2.24) is 4.72 Å². The molecule has 6 heteroatoms. The molecule has 0 aliphatic carbocycles. The smallest absolute Gasteiger partial charge is 0.241 e. The fourth-order valence-corrected chi connectivity index (χ4v) is 3.05. The summed E-state index contributed by atoms with van der Waals surface area (Å²) in [6, 6.07) is 5.52. The Balaban J connectivity index is 2.94. The molecule has 19 heavy (non-hydrogen) atoms. The Bertz CT molecular complexity index is 538. The third-order valence-electron chi connectivity index (χ3n) is 2.61. The van der Waals surface area contributed by atoms with Crippen LogP contribution in [0.3, 0.4) is 0 Å². The molecular weight excluding hydrogens is 286 g/mol. The highest BCUT2D eigenvalue weighted by Crippen LogP contribution is 2.14. The number of halogens is 1. The van der Waals surface area contributed by atoms with Crippen LogP contribution in [0.4, 0.5) is 0 Å². The van der Waals surface area contributed by atoms with Crippen molar-refractivity contribution in [2.24, 2.45) is 5.92 Å². The molecule has 1 unspecified atom stereocenters. The minimum absolute atomic E-state index is 0.129. The van der Waals surface area contributed by atoms with Crippen LogP contribution < -0.4 is 4.72 Å². The Kier molecular flexibility index (Phi) is 5.52. The van der Waals surface area contributed by atoms with Crippen molar-refractivity contribution in [1.29, 1.82) is 0 Å². The molecule has 1 rings (SSSR count). The van der Waals surface area contributed by atoms with Crippen molar-refractivity contribution in [2.45, 2.75) is 38.1 Å². The molecule has 4 nitrogen and oxygen atoms in total. The van der Waals surface area contributed by atoms with Gasteiger partial charge in [0.2, 0.25) is 15.3 Å². The summed E-state index contributed by atoms with van der Waals surface area (Å²) in [6.07, 6.45) is 0.368. The molecule has 0 aliphatic rings. The molecule has 0 amide bonds. The van der Waals surface area contributed by atoms with Gasteiger partial charge in [0.1, 0.15) is 0 Å². The largest absolute Gasteiger partial charge is 0.279 e. The summed E-state index contributed by atoms with van der Waals surface area (Å²) in [7, 11) is -3.72.